The number of carboxylic acids is 1. The number of carbonyl (C=O) groups excluding carboxylic acids is 2. The van der Waals surface area contributed by atoms with E-state index in [1.54, 1.807) is 5.48 Å². The molecule has 0 aliphatic heterocycles. The van der Waals surface area contributed by atoms with Crippen molar-refractivity contribution in [3.8, 4) is 0 Å². The van der Waals surface area contributed by atoms with Crippen LogP contribution in [0, 0.1) is 0 Å². The van der Waals surface area contributed by atoms with E-state index in [-0.39, 0.29) is 12.8 Å². The minimum atomic E-state index is -1.12. The second kappa shape index (κ2) is 11.0. The Balaban J connectivity index is 4.25. The highest BCUT2D eigenvalue weighted by Crippen LogP contribution is 2.03. The van der Waals surface area contributed by atoms with Gasteiger partial charge >= 0.3 is 11.9 Å². The van der Waals surface area contributed by atoms with Gasteiger partial charge in [0.15, 0.2) is 0 Å². The van der Waals surface area contributed by atoms with Gasteiger partial charge in [0.05, 0.1) is 0 Å². The Labute approximate surface area is 121 Å². The number of hydrogen-bond donors (Lipinski definition) is 6. The lowest BCUT2D eigenvalue weighted by molar-refractivity contribution is -0.160. The molecule has 0 aliphatic rings. The second-order valence-electron chi connectivity index (χ2n) is 4.39. The highest BCUT2D eigenvalue weighted by molar-refractivity contribution is 5.81. The third kappa shape index (κ3) is 8.92. The van der Waals surface area contributed by atoms with Crippen LogP contribution in [-0.2, 0) is 19.2 Å². The van der Waals surface area contributed by atoms with Gasteiger partial charge in [-0.1, -0.05) is 0 Å². The Morgan fingerprint density at radius 3 is 2.29 bits per heavy atom. The zero-order valence-electron chi connectivity index (χ0n) is 11.6. The zero-order valence-corrected chi connectivity index (χ0v) is 11.6. The van der Waals surface area contributed by atoms with Gasteiger partial charge in [0.1, 0.15) is 12.1 Å². The van der Waals surface area contributed by atoms with E-state index in [1.165, 1.54) is 0 Å². The summed E-state index contributed by atoms with van der Waals surface area (Å²) in [5.41, 5.74) is 14.3. The SMILES string of the molecule is NCCCC[C@H](NO)C(=O)ONC(CCC(=O)O)C(N)=O. The van der Waals surface area contributed by atoms with Crippen molar-refractivity contribution >= 4 is 17.8 Å². The number of carboxylic acid groups (broad SMARTS) is 1. The maximum Gasteiger partial charge on any atom is 0.344 e. The first kappa shape index (κ1) is 19.2. The van der Waals surface area contributed by atoms with Crippen molar-refractivity contribution in [1.29, 1.82) is 0 Å². The molecule has 0 aliphatic carbocycles. The van der Waals surface area contributed by atoms with Crippen LogP contribution in [0.3, 0.4) is 0 Å². The van der Waals surface area contributed by atoms with E-state index in [0.29, 0.717) is 25.8 Å². The minimum absolute atomic E-state index is 0.123. The monoisotopic (exact) mass is 306 g/mol. The van der Waals surface area contributed by atoms with Crippen LogP contribution in [0.25, 0.3) is 0 Å². The molecule has 0 aromatic rings. The fraction of sp³-hybridized carbons (Fsp3) is 0.727. The zero-order chi connectivity index (χ0) is 16.3. The van der Waals surface area contributed by atoms with Crippen molar-refractivity contribution in [3.63, 3.8) is 0 Å². The molecule has 0 spiro atoms. The van der Waals surface area contributed by atoms with E-state index in [9.17, 15) is 14.4 Å². The lowest BCUT2D eigenvalue weighted by atomic mass is 10.1. The van der Waals surface area contributed by atoms with E-state index in [0.717, 1.165) is 0 Å². The molecular formula is C11H22N4O6. The van der Waals surface area contributed by atoms with E-state index >= 15 is 0 Å². The molecule has 0 fully saturated rings. The van der Waals surface area contributed by atoms with Crippen molar-refractivity contribution < 1.29 is 29.5 Å². The number of primary amides is 1. The molecule has 0 aromatic carbocycles. The van der Waals surface area contributed by atoms with Crippen molar-refractivity contribution in [2.45, 2.75) is 44.2 Å². The van der Waals surface area contributed by atoms with Crippen molar-refractivity contribution in [2.24, 2.45) is 11.5 Å². The number of unbranched alkanes of at least 4 members (excludes halogenated alkanes) is 1. The normalized spacial score (nSPS) is 13.4. The number of nitrogens with one attached hydrogen (secondary N) is 2. The molecule has 10 nitrogen and oxygen atoms in total. The maximum atomic E-state index is 11.6. The quantitative estimate of drug-likeness (QED) is 0.180. The predicted octanol–water partition coefficient (Wildman–Crippen LogP) is -1.77. The van der Waals surface area contributed by atoms with Crippen LogP contribution in [0.15, 0.2) is 0 Å². The van der Waals surface area contributed by atoms with Crippen molar-refractivity contribution in [1.82, 2.24) is 11.0 Å². The Bertz CT molecular complexity index is 352. The van der Waals surface area contributed by atoms with Crippen LogP contribution in [0.5, 0.6) is 0 Å². The summed E-state index contributed by atoms with van der Waals surface area (Å²) in [5.74, 6) is -2.79. The van der Waals surface area contributed by atoms with Gasteiger partial charge in [0.25, 0.3) is 0 Å². The summed E-state index contributed by atoms with van der Waals surface area (Å²) >= 11 is 0. The Morgan fingerprint density at radius 2 is 1.81 bits per heavy atom. The number of rotatable bonds is 12. The first-order valence-corrected chi connectivity index (χ1v) is 6.49. The summed E-state index contributed by atoms with van der Waals surface area (Å²) < 4.78 is 0. The molecule has 10 heteroatoms. The Hall–Kier alpha value is -1.75. The molecule has 0 heterocycles. The summed E-state index contributed by atoms with van der Waals surface area (Å²) in [6.07, 6.45) is 1.15. The van der Waals surface area contributed by atoms with Gasteiger partial charge in [-0.15, -0.1) is 5.48 Å². The molecule has 21 heavy (non-hydrogen) atoms. The molecule has 0 saturated carbocycles. The maximum absolute atomic E-state index is 11.6. The molecule has 1 unspecified atom stereocenters. The van der Waals surface area contributed by atoms with Gasteiger partial charge in [-0.25, -0.2) is 4.79 Å². The molecule has 0 rings (SSSR count). The molecule has 0 aromatic heterocycles. The van der Waals surface area contributed by atoms with Crippen LogP contribution < -0.4 is 22.4 Å². The highest BCUT2D eigenvalue weighted by Gasteiger charge is 2.23. The first-order chi connectivity index (χ1) is 9.92. The highest BCUT2D eigenvalue weighted by atomic mass is 16.7. The minimum Gasteiger partial charge on any atom is -0.481 e. The van der Waals surface area contributed by atoms with Crippen molar-refractivity contribution in [2.75, 3.05) is 6.54 Å². The van der Waals surface area contributed by atoms with Crippen molar-refractivity contribution in [3.05, 3.63) is 0 Å². The molecule has 0 radical (unpaired) electrons. The average Bonchev–Trinajstić information content (AvgIpc) is 2.42. The number of carbonyl (C=O) groups is 3. The number of aliphatic carboxylic acids is 1. The van der Waals surface area contributed by atoms with Gasteiger partial charge < -0.3 is 26.6 Å². The van der Waals surface area contributed by atoms with E-state index in [4.69, 9.17) is 21.8 Å². The summed E-state index contributed by atoms with van der Waals surface area (Å²) in [6, 6.07) is -2.09. The number of amides is 1. The first-order valence-electron chi connectivity index (χ1n) is 6.49. The molecule has 0 bridgehead atoms. The van der Waals surface area contributed by atoms with Crippen LogP contribution in [0.4, 0.5) is 0 Å². The van der Waals surface area contributed by atoms with Gasteiger partial charge in [0, 0.05) is 6.42 Å². The number of hydroxylamine groups is 2. The predicted molar refractivity (Wildman–Crippen MR) is 70.7 cm³/mol. The van der Waals surface area contributed by atoms with E-state index in [2.05, 4.69) is 10.3 Å². The third-order valence-electron chi connectivity index (χ3n) is 2.68. The molecule has 1 amide bonds. The lowest BCUT2D eigenvalue weighted by Crippen LogP contribution is -2.46. The van der Waals surface area contributed by atoms with E-state index in [1.807, 2.05) is 0 Å². The summed E-state index contributed by atoms with van der Waals surface area (Å²) in [4.78, 5) is 37.8. The molecule has 0 saturated heterocycles. The topological polar surface area (TPSA) is 177 Å². The molecule has 8 N–H and O–H groups in total. The average molecular weight is 306 g/mol. The standard InChI is InChI=1S/C11H22N4O6/c12-6-2-1-3-8(14-20)11(19)21-15-7(10(13)18)4-5-9(16)17/h7-8,14-15,20H,1-6,12H2,(H2,13,18)(H,16,17)/t7?,8-/m0/s1. The molecular weight excluding hydrogens is 284 g/mol. The largest absolute Gasteiger partial charge is 0.481 e. The third-order valence-corrected chi connectivity index (χ3v) is 2.68. The molecule has 2 atom stereocenters. The number of hydrogen-bond acceptors (Lipinski definition) is 8. The summed E-state index contributed by atoms with van der Waals surface area (Å²) in [7, 11) is 0. The second-order valence-corrected chi connectivity index (χ2v) is 4.39. The Kier molecular flexibility index (Phi) is 10.1. The lowest BCUT2D eigenvalue weighted by Gasteiger charge is -2.17. The fourth-order valence-electron chi connectivity index (χ4n) is 1.46. The van der Waals surface area contributed by atoms with Gasteiger partial charge in [-0.2, -0.15) is 5.48 Å². The van der Waals surface area contributed by atoms with Gasteiger partial charge in [-0.05, 0) is 32.2 Å². The summed E-state index contributed by atoms with van der Waals surface area (Å²) in [5, 5.41) is 17.4. The smallest absolute Gasteiger partial charge is 0.344 e. The van der Waals surface area contributed by atoms with Crippen LogP contribution in [-0.4, -0.2) is 46.8 Å². The summed E-state index contributed by atoms with van der Waals surface area (Å²) in [6.45, 7) is 0.463. The Morgan fingerprint density at radius 1 is 1.14 bits per heavy atom. The van der Waals surface area contributed by atoms with Crippen LogP contribution >= 0.6 is 0 Å². The molecule has 122 valence electrons. The van der Waals surface area contributed by atoms with E-state index < -0.39 is 29.9 Å². The van der Waals surface area contributed by atoms with Gasteiger partial charge in [0.2, 0.25) is 5.91 Å². The van der Waals surface area contributed by atoms with Gasteiger partial charge in [-0.3, -0.25) is 9.59 Å². The van der Waals surface area contributed by atoms with Crippen LogP contribution in [0.2, 0.25) is 0 Å². The number of nitrogens with two attached hydrogens (primary N) is 2. The fourth-order valence-corrected chi connectivity index (χ4v) is 1.46. The van der Waals surface area contributed by atoms with Crippen LogP contribution in [0.1, 0.15) is 32.1 Å².